The highest BCUT2D eigenvalue weighted by atomic mass is 35.5. The van der Waals surface area contributed by atoms with Crippen LogP contribution in [0.25, 0.3) is 0 Å². The van der Waals surface area contributed by atoms with E-state index in [0.717, 1.165) is 17.1 Å². The van der Waals surface area contributed by atoms with Crippen molar-refractivity contribution in [2.75, 3.05) is 11.1 Å². The number of halogens is 1. The summed E-state index contributed by atoms with van der Waals surface area (Å²) in [5.74, 6) is 2.04. The fourth-order valence-corrected chi connectivity index (χ4v) is 4.32. The molecule has 1 amide bonds. The number of hydrogen-bond acceptors (Lipinski definition) is 5. The van der Waals surface area contributed by atoms with Gasteiger partial charge in [0.25, 0.3) is 0 Å². The van der Waals surface area contributed by atoms with Gasteiger partial charge < -0.3 is 14.6 Å². The third-order valence-corrected chi connectivity index (χ3v) is 6.07. The van der Waals surface area contributed by atoms with E-state index in [1.54, 1.807) is 24.3 Å². The first-order valence-corrected chi connectivity index (χ1v) is 12.0. The Morgan fingerprint density at radius 3 is 2.41 bits per heavy atom. The molecule has 1 atom stereocenters. The van der Waals surface area contributed by atoms with Gasteiger partial charge >= 0.3 is 0 Å². The molecule has 0 aliphatic rings. The second-order valence-electron chi connectivity index (χ2n) is 8.10. The van der Waals surface area contributed by atoms with Crippen molar-refractivity contribution in [2.24, 2.45) is 0 Å². The van der Waals surface area contributed by atoms with E-state index in [9.17, 15) is 4.79 Å². The molecular formula is C24H29ClN4O2S. The molecule has 1 unspecified atom stereocenters. The van der Waals surface area contributed by atoms with Crippen molar-refractivity contribution >= 4 is 35.0 Å². The first-order valence-electron chi connectivity index (χ1n) is 10.6. The summed E-state index contributed by atoms with van der Waals surface area (Å²) < 4.78 is 8.32. The number of ether oxygens (including phenoxy) is 1. The van der Waals surface area contributed by atoms with E-state index in [2.05, 4.69) is 49.3 Å². The zero-order valence-electron chi connectivity index (χ0n) is 19.0. The van der Waals surface area contributed by atoms with Crippen molar-refractivity contribution in [3.63, 3.8) is 0 Å². The Bertz CT molecular complexity index is 1050. The first-order chi connectivity index (χ1) is 15.3. The molecule has 2 aromatic carbocycles. The van der Waals surface area contributed by atoms with Crippen molar-refractivity contribution in [1.29, 1.82) is 0 Å². The van der Waals surface area contributed by atoms with Crippen LogP contribution in [0.1, 0.15) is 64.1 Å². The quantitative estimate of drug-likeness (QED) is 0.359. The van der Waals surface area contributed by atoms with Crippen molar-refractivity contribution in [2.45, 2.75) is 57.8 Å². The maximum absolute atomic E-state index is 12.4. The van der Waals surface area contributed by atoms with Crippen molar-refractivity contribution in [3.8, 4) is 5.75 Å². The molecule has 1 N–H and O–H groups in total. The summed E-state index contributed by atoms with van der Waals surface area (Å²) in [6.45, 7) is 10.4. The van der Waals surface area contributed by atoms with Crippen LogP contribution in [-0.2, 0) is 4.79 Å². The van der Waals surface area contributed by atoms with Crippen LogP contribution in [0.4, 0.5) is 5.69 Å². The van der Waals surface area contributed by atoms with Gasteiger partial charge in [-0.25, -0.2) is 0 Å². The van der Waals surface area contributed by atoms with Crippen molar-refractivity contribution in [1.82, 2.24) is 14.8 Å². The van der Waals surface area contributed by atoms with Gasteiger partial charge in [-0.2, -0.15) is 0 Å². The van der Waals surface area contributed by atoms with Crippen LogP contribution in [0.2, 0.25) is 5.02 Å². The van der Waals surface area contributed by atoms with E-state index < -0.39 is 0 Å². The van der Waals surface area contributed by atoms with Crippen molar-refractivity contribution < 1.29 is 9.53 Å². The number of carbonyl (C=O) groups excluding carboxylic acids is 1. The number of amides is 1. The average Bonchev–Trinajstić information content (AvgIpc) is 3.19. The van der Waals surface area contributed by atoms with Gasteiger partial charge in [-0.1, -0.05) is 55.4 Å². The largest absolute Gasteiger partial charge is 0.482 e. The normalized spacial score (nSPS) is 12.2. The molecule has 1 heterocycles. The van der Waals surface area contributed by atoms with Gasteiger partial charge in [0.1, 0.15) is 5.75 Å². The molecule has 0 aliphatic heterocycles. The van der Waals surface area contributed by atoms with Gasteiger partial charge in [0.2, 0.25) is 5.91 Å². The summed E-state index contributed by atoms with van der Waals surface area (Å²) >= 11 is 7.25. The minimum Gasteiger partial charge on any atom is -0.482 e. The standard InChI is InChI=1S/C24H29ClN4O2S/c1-15(2)20-8-6-7-9-21(20)31-17(5)23-27-28-24(29(23)16(3)4)32-14-22(30)26-19-12-10-18(25)11-13-19/h6-13,15-17H,14H2,1-5H3,(H,26,30). The predicted octanol–water partition coefficient (Wildman–Crippen LogP) is 6.51. The maximum Gasteiger partial charge on any atom is 0.234 e. The lowest BCUT2D eigenvalue weighted by molar-refractivity contribution is -0.113. The zero-order valence-corrected chi connectivity index (χ0v) is 20.6. The van der Waals surface area contributed by atoms with Gasteiger partial charge in [-0.05, 0) is 62.6 Å². The Morgan fingerprint density at radius 2 is 1.75 bits per heavy atom. The number of para-hydroxylation sites is 1. The highest BCUT2D eigenvalue weighted by Gasteiger charge is 2.23. The number of nitrogens with one attached hydrogen (secondary N) is 1. The molecule has 1 aromatic heterocycles. The summed E-state index contributed by atoms with van der Waals surface area (Å²) in [5.41, 5.74) is 1.86. The van der Waals surface area contributed by atoms with Crippen LogP contribution >= 0.6 is 23.4 Å². The number of thioether (sulfide) groups is 1. The second kappa shape index (κ2) is 10.9. The van der Waals surface area contributed by atoms with E-state index in [-0.39, 0.29) is 23.8 Å². The smallest absolute Gasteiger partial charge is 0.234 e. The molecule has 170 valence electrons. The lowest BCUT2D eigenvalue weighted by Gasteiger charge is -2.21. The monoisotopic (exact) mass is 472 g/mol. The van der Waals surface area contributed by atoms with Gasteiger partial charge in [0.05, 0.1) is 5.75 Å². The van der Waals surface area contributed by atoms with Gasteiger partial charge in [-0.3, -0.25) is 4.79 Å². The van der Waals surface area contributed by atoms with E-state index in [4.69, 9.17) is 16.3 Å². The Labute approximate surface area is 198 Å². The number of benzene rings is 2. The molecule has 0 bridgehead atoms. The summed E-state index contributed by atoms with van der Waals surface area (Å²) in [7, 11) is 0. The van der Waals surface area contributed by atoms with Crippen LogP contribution in [0, 0.1) is 0 Å². The third-order valence-electron chi connectivity index (χ3n) is 4.88. The van der Waals surface area contributed by atoms with Crippen LogP contribution in [0.3, 0.4) is 0 Å². The summed E-state index contributed by atoms with van der Waals surface area (Å²) in [5, 5.41) is 12.9. The molecule has 32 heavy (non-hydrogen) atoms. The molecule has 3 rings (SSSR count). The Morgan fingerprint density at radius 1 is 1.06 bits per heavy atom. The van der Waals surface area contributed by atoms with Crippen LogP contribution in [0.5, 0.6) is 5.75 Å². The highest BCUT2D eigenvalue weighted by molar-refractivity contribution is 7.99. The molecule has 0 saturated heterocycles. The van der Waals surface area contributed by atoms with Gasteiger partial charge in [0.15, 0.2) is 17.1 Å². The van der Waals surface area contributed by atoms with Gasteiger partial charge in [0, 0.05) is 16.8 Å². The van der Waals surface area contributed by atoms with Crippen LogP contribution in [-0.4, -0.2) is 26.4 Å². The number of hydrogen-bond donors (Lipinski definition) is 1. The van der Waals surface area contributed by atoms with E-state index >= 15 is 0 Å². The van der Waals surface area contributed by atoms with Crippen molar-refractivity contribution in [3.05, 3.63) is 64.9 Å². The highest BCUT2D eigenvalue weighted by Crippen LogP contribution is 2.31. The fraction of sp³-hybridized carbons (Fsp3) is 0.375. The fourth-order valence-electron chi connectivity index (χ4n) is 3.32. The molecule has 8 heteroatoms. The van der Waals surface area contributed by atoms with E-state index in [1.165, 1.54) is 11.8 Å². The molecule has 0 fully saturated rings. The Hall–Kier alpha value is -2.51. The average molecular weight is 473 g/mol. The topological polar surface area (TPSA) is 69.0 Å². The molecule has 3 aromatic rings. The predicted molar refractivity (Wildman–Crippen MR) is 131 cm³/mol. The number of nitrogens with zero attached hydrogens (tertiary/aromatic N) is 3. The summed E-state index contributed by atoms with van der Waals surface area (Å²) in [6, 6.07) is 15.2. The summed E-state index contributed by atoms with van der Waals surface area (Å²) in [4.78, 5) is 12.4. The first kappa shape index (κ1) is 24.1. The van der Waals surface area contributed by atoms with E-state index in [0.29, 0.717) is 21.8 Å². The third kappa shape index (κ3) is 6.04. The Balaban J connectivity index is 1.71. The minimum atomic E-state index is -0.290. The van der Waals surface area contributed by atoms with E-state index in [1.807, 2.05) is 29.7 Å². The molecule has 0 radical (unpaired) electrons. The number of carbonyl (C=O) groups is 1. The second-order valence-corrected chi connectivity index (χ2v) is 9.48. The molecule has 0 aliphatic carbocycles. The lowest BCUT2D eigenvalue weighted by atomic mass is 10.0. The molecule has 6 nitrogen and oxygen atoms in total. The van der Waals surface area contributed by atoms with Gasteiger partial charge in [-0.15, -0.1) is 10.2 Å². The SMILES string of the molecule is CC(C)c1ccccc1OC(C)c1nnc(SCC(=O)Nc2ccc(Cl)cc2)n1C(C)C. The molecule has 0 spiro atoms. The number of anilines is 1. The zero-order chi connectivity index (χ0) is 23.3. The molecular weight excluding hydrogens is 444 g/mol. The summed E-state index contributed by atoms with van der Waals surface area (Å²) in [6.07, 6.45) is -0.290. The van der Waals surface area contributed by atoms with Crippen LogP contribution < -0.4 is 10.1 Å². The maximum atomic E-state index is 12.4. The number of rotatable bonds is 9. The minimum absolute atomic E-state index is 0.118. The number of aromatic nitrogens is 3. The van der Waals surface area contributed by atoms with Crippen LogP contribution in [0.15, 0.2) is 53.7 Å². The Kier molecular flexibility index (Phi) is 8.21. The molecule has 0 saturated carbocycles. The lowest BCUT2D eigenvalue weighted by Crippen LogP contribution is -2.17.